The van der Waals surface area contributed by atoms with Gasteiger partial charge in [-0.05, 0) is 27.7 Å². The zero-order valence-corrected chi connectivity index (χ0v) is 8.09. The van der Waals surface area contributed by atoms with E-state index in [2.05, 4.69) is 5.32 Å². The Morgan fingerprint density at radius 1 is 1.50 bits per heavy atom. The number of carbonyl (C=O) groups excluding carboxylic acids is 1. The zero-order chi connectivity index (χ0) is 9.94. The van der Waals surface area contributed by atoms with Crippen molar-refractivity contribution in [1.82, 2.24) is 5.32 Å². The molecule has 0 aromatic rings. The van der Waals surface area contributed by atoms with E-state index in [4.69, 9.17) is 5.73 Å². The highest BCUT2D eigenvalue weighted by Gasteiger charge is 2.29. The minimum Gasteiger partial charge on any atom is -0.388 e. The van der Waals surface area contributed by atoms with Gasteiger partial charge in [-0.3, -0.25) is 4.79 Å². The van der Waals surface area contributed by atoms with Crippen molar-refractivity contribution < 1.29 is 9.90 Å². The highest BCUT2D eigenvalue weighted by atomic mass is 16.3. The van der Waals surface area contributed by atoms with Crippen LogP contribution in [-0.4, -0.2) is 28.7 Å². The lowest BCUT2D eigenvalue weighted by Gasteiger charge is -2.25. The van der Waals surface area contributed by atoms with E-state index in [1.165, 1.54) is 13.8 Å². The first kappa shape index (κ1) is 11.4. The van der Waals surface area contributed by atoms with Crippen LogP contribution in [0.15, 0.2) is 0 Å². The van der Waals surface area contributed by atoms with Crippen LogP contribution in [0.3, 0.4) is 0 Å². The zero-order valence-electron chi connectivity index (χ0n) is 8.09. The number of rotatable bonds is 3. The number of amides is 1. The Bertz CT molecular complexity index is 161. The summed E-state index contributed by atoms with van der Waals surface area (Å²) in [6.07, 6.45) is 0. The van der Waals surface area contributed by atoms with Crippen LogP contribution in [0.5, 0.6) is 0 Å². The van der Waals surface area contributed by atoms with Crippen LogP contribution in [0, 0.1) is 0 Å². The fourth-order valence-electron chi connectivity index (χ4n) is 0.695. The standard InChI is InChI=1S/C8H18N2O2/c1-5(2)10-7(11)6(9)8(3,4)12/h5-6,12H,9H2,1-4H3,(H,10,11)/t6-/m1/s1. The van der Waals surface area contributed by atoms with Crippen LogP contribution in [0.4, 0.5) is 0 Å². The Morgan fingerprint density at radius 2 is 1.92 bits per heavy atom. The van der Waals surface area contributed by atoms with Gasteiger partial charge < -0.3 is 16.2 Å². The second-order valence-electron chi connectivity index (χ2n) is 3.79. The Kier molecular flexibility index (Phi) is 3.67. The summed E-state index contributed by atoms with van der Waals surface area (Å²) in [6.45, 7) is 6.71. The van der Waals surface area contributed by atoms with Crippen molar-refractivity contribution in [2.45, 2.75) is 45.4 Å². The maximum Gasteiger partial charge on any atom is 0.240 e. The molecule has 0 unspecified atom stereocenters. The predicted octanol–water partition coefficient (Wildman–Crippen LogP) is -0.391. The molecule has 4 nitrogen and oxygen atoms in total. The van der Waals surface area contributed by atoms with Crippen LogP contribution in [-0.2, 0) is 4.79 Å². The van der Waals surface area contributed by atoms with Crippen molar-refractivity contribution in [2.24, 2.45) is 5.73 Å². The molecule has 0 radical (unpaired) electrons. The largest absolute Gasteiger partial charge is 0.388 e. The van der Waals surface area contributed by atoms with Crippen LogP contribution >= 0.6 is 0 Å². The molecular weight excluding hydrogens is 156 g/mol. The van der Waals surface area contributed by atoms with Crippen LogP contribution in [0.25, 0.3) is 0 Å². The molecule has 12 heavy (non-hydrogen) atoms. The van der Waals surface area contributed by atoms with Gasteiger partial charge in [0.2, 0.25) is 5.91 Å². The molecule has 0 saturated heterocycles. The molecule has 1 atom stereocenters. The van der Waals surface area contributed by atoms with Gasteiger partial charge in [0.1, 0.15) is 6.04 Å². The lowest BCUT2D eigenvalue weighted by molar-refractivity contribution is -0.127. The summed E-state index contributed by atoms with van der Waals surface area (Å²) in [4.78, 5) is 11.2. The van der Waals surface area contributed by atoms with Crippen LogP contribution in [0.2, 0.25) is 0 Å². The summed E-state index contributed by atoms with van der Waals surface area (Å²) in [5.41, 5.74) is 4.31. The summed E-state index contributed by atoms with van der Waals surface area (Å²) < 4.78 is 0. The summed E-state index contributed by atoms with van der Waals surface area (Å²) in [5, 5.41) is 12.0. The summed E-state index contributed by atoms with van der Waals surface area (Å²) >= 11 is 0. The van der Waals surface area contributed by atoms with Gasteiger partial charge in [-0.15, -0.1) is 0 Å². The number of hydrogen-bond donors (Lipinski definition) is 3. The van der Waals surface area contributed by atoms with E-state index in [9.17, 15) is 9.90 Å². The molecule has 0 aliphatic heterocycles. The molecule has 0 heterocycles. The van der Waals surface area contributed by atoms with Gasteiger partial charge >= 0.3 is 0 Å². The molecule has 0 saturated carbocycles. The van der Waals surface area contributed by atoms with Crippen LogP contribution in [0.1, 0.15) is 27.7 Å². The molecule has 0 fully saturated rings. The third-order valence-electron chi connectivity index (χ3n) is 1.47. The average molecular weight is 174 g/mol. The second-order valence-corrected chi connectivity index (χ2v) is 3.79. The molecular formula is C8H18N2O2. The second kappa shape index (κ2) is 3.87. The van der Waals surface area contributed by atoms with Gasteiger partial charge in [0.15, 0.2) is 0 Å². The smallest absolute Gasteiger partial charge is 0.240 e. The van der Waals surface area contributed by atoms with Crippen molar-refractivity contribution in [2.75, 3.05) is 0 Å². The van der Waals surface area contributed by atoms with Crippen molar-refractivity contribution >= 4 is 5.91 Å². The molecule has 4 N–H and O–H groups in total. The number of nitrogens with two attached hydrogens (primary N) is 1. The van der Waals surface area contributed by atoms with Gasteiger partial charge in [-0.1, -0.05) is 0 Å². The summed E-state index contributed by atoms with van der Waals surface area (Å²) in [7, 11) is 0. The molecule has 0 aliphatic rings. The molecule has 0 aromatic heterocycles. The normalized spacial score (nSPS) is 14.6. The molecule has 0 spiro atoms. The Labute approximate surface area is 73.1 Å². The van der Waals surface area contributed by atoms with Crippen molar-refractivity contribution in [3.8, 4) is 0 Å². The van der Waals surface area contributed by atoms with E-state index >= 15 is 0 Å². The molecule has 4 heteroatoms. The third-order valence-corrected chi connectivity index (χ3v) is 1.47. The third kappa shape index (κ3) is 3.69. The predicted molar refractivity (Wildman–Crippen MR) is 47.6 cm³/mol. The monoisotopic (exact) mass is 174 g/mol. The molecule has 0 aromatic carbocycles. The fourth-order valence-corrected chi connectivity index (χ4v) is 0.695. The van der Waals surface area contributed by atoms with Crippen molar-refractivity contribution in [3.05, 3.63) is 0 Å². The quantitative estimate of drug-likeness (QED) is 0.545. The highest BCUT2D eigenvalue weighted by Crippen LogP contribution is 2.05. The Morgan fingerprint density at radius 3 is 2.17 bits per heavy atom. The number of aliphatic hydroxyl groups is 1. The topological polar surface area (TPSA) is 75.4 Å². The first-order valence-corrected chi connectivity index (χ1v) is 4.03. The fraction of sp³-hybridized carbons (Fsp3) is 0.875. The number of carbonyl (C=O) groups is 1. The van der Waals surface area contributed by atoms with Gasteiger partial charge in [-0.2, -0.15) is 0 Å². The summed E-state index contributed by atoms with van der Waals surface area (Å²) in [6, 6.07) is -0.828. The van der Waals surface area contributed by atoms with E-state index in [1.54, 1.807) is 0 Å². The van der Waals surface area contributed by atoms with Gasteiger partial charge in [0, 0.05) is 6.04 Å². The van der Waals surface area contributed by atoms with Gasteiger partial charge in [0.05, 0.1) is 5.60 Å². The Balaban J connectivity index is 4.12. The van der Waals surface area contributed by atoms with E-state index in [0.717, 1.165) is 0 Å². The van der Waals surface area contributed by atoms with Crippen LogP contribution < -0.4 is 11.1 Å². The highest BCUT2D eigenvalue weighted by molar-refractivity contribution is 5.82. The molecule has 1 amide bonds. The first-order chi connectivity index (χ1) is 5.25. The van der Waals surface area contributed by atoms with Gasteiger partial charge in [-0.25, -0.2) is 0 Å². The molecule has 0 rings (SSSR count). The molecule has 72 valence electrons. The maximum absolute atomic E-state index is 11.2. The molecule has 0 aliphatic carbocycles. The van der Waals surface area contributed by atoms with Crippen molar-refractivity contribution in [3.63, 3.8) is 0 Å². The van der Waals surface area contributed by atoms with E-state index in [0.29, 0.717) is 0 Å². The summed E-state index contributed by atoms with van der Waals surface area (Å²) in [5.74, 6) is -0.322. The SMILES string of the molecule is CC(C)NC(=O)[C@@H](N)C(C)(C)O. The average Bonchev–Trinajstić information content (AvgIpc) is 1.82. The van der Waals surface area contributed by atoms with Gasteiger partial charge in [0.25, 0.3) is 0 Å². The number of hydrogen-bond acceptors (Lipinski definition) is 3. The minimum absolute atomic E-state index is 0.0471. The van der Waals surface area contributed by atoms with Crippen molar-refractivity contribution in [1.29, 1.82) is 0 Å². The first-order valence-electron chi connectivity index (χ1n) is 4.03. The molecule has 0 bridgehead atoms. The lowest BCUT2D eigenvalue weighted by Crippen LogP contribution is -2.54. The Hall–Kier alpha value is -0.610. The van der Waals surface area contributed by atoms with E-state index in [1.807, 2.05) is 13.8 Å². The minimum atomic E-state index is -1.17. The van der Waals surface area contributed by atoms with E-state index in [-0.39, 0.29) is 11.9 Å². The lowest BCUT2D eigenvalue weighted by atomic mass is 9.99. The van der Waals surface area contributed by atoms with E-state index < -0.39 is 11.6 Å². The number of nitrogens with one attached hydrogen (secondary N) is 1. The maximum atomic E-state index is 11.2.